The first-order chi connectivity index (χ1) is 48.1. The van der Waals surface area contributed by atoms with E-state index in [2.05, 4.69) is 140 Å². The number of nitrogens with one attached hydrogen (secondary N) is 2. The van der Waals surface area contributed by atoms with Crippen molar-refractivity contribution in [2.75, 3.05) is 0 Å². The molecule has 4 bridgehead atoms. The first kappa shape index (κ1) is 97.0. The largest absolute Gasteiger partial charge is 1.00 e. The van der Waals surface area contributed by atoms with Crippen LogP contribution in [0.25, 0.3) is 0 Å². The van der Waals surface area contributed by atoms with Crippen LogP contribution in [0.3, 0.4) is 0 Å². The molecule has 10 aliphatic rings. The van der Waals surface area contributed by atoms with Crippen LogP contribution in [0, 0.1) is 57.2 Å². The van der Waals surface area contributed by atoms with Crippen molar-refractivity contribution in [2.45, 2.75) is 262 Å². The van der Waals surface area contributed by atoms with Crippen molar-refractivity contribution in [1.29, 1.82) is 0 Å². The van der Waals surface area contributed by atoms with Gasteiger partial charge in [-0.3, -0.25) is 19.2 Å². The number of carbonyl (C=O) groups excluding carboxylic acids is 8. The number of hydrogen-bond acceptors (Lipinski definition) is 22. The van der Waals surface area contributed by atoms with Crippen LogP contribution in [-0.4, -0.2) is 127 Å². The summed E-state index contributed by atoms with van der Waals surface area (Å²) in [5.74, 6) is 4.97. The quantitative estimate of drug-likeness (QED) is 0.0808. The summed E-state index contributed by atoms with van der Waals surface area (Å²) in [5.41, 5.74) is 14.6. The van der Waals surface area contributed by atoms with E-state index in [1.165, 1.54) is 155 Å². The van der Waals surface area contributed by atoms with Gasteiger partial charge in [0.1, 0.15) is 11.6 Å². The molecule has 10 saturated carbocycles. The summed E-state index contributed by atoms with van der Waals surface area (Å²) >= 11 is 0. The molecule has 4 aromatic heterocycles. The van der Waals surface area contributed by atoms with Gasteiger partial charge in [-0.15, -0.1) is 0 Å². The Morgan fingerprint density at radius 1 is 0.481 bits per heavy atom. The number of carbonyl (C=O) groups is 8. The molecule has 30 heteroatoms. The molecule has 8 atom stereocenters. The Morgan fingerprint density at radius 2 is 0.808 bits per heavy atom. The van der Waals surface area contributed by atoms with Gasteiger partial charge < -0.3 is 65.8 Å². The van der Waals surface area contributed by atoms with E-state index in [-0.39, 0.29) is 59.1 Å². The van der Waals surface area contributed by atoms with E-state index in [0.717, 1.165) is 111 Å². The minimum atomic E-state index is -0.639. The number of aldehydes is 2. The zero-order chi connectivity index (χ0) is 76.4. The molecule has 0 aromatic carbocycles. The molecule has 6 radical (unpaired) electrons. The second-order valence-electron chi connectivity index (χ2n) is 30.1. The smallest absolute Gasteiger partial charge is 0.793 e. The molecule has 2 spiro atoms. The van der Waals surface area contributed by atoms with Crippen LogP contribution < -0.4 is 81.2 Å². The second-order valence-corrected chi connectivity index (χ2v) is 30.1. The summed E-state index contributed by atoms with van der Waals surface area (Å²) in [6.07, 6.45) is 47.3. The summed E-state index contributed by atoms with van der Waals surface area (Å²) in [4.78, 5) is 110. The molecule has 26 nitrogen and oxygen atoms in total. The Morgan fingerprint density at radius 3 is 1.08 bits per heavy atom. The average Bonchev–Trinajstić information content (AvgIpc) is 0.983. The van der Waals surface area contributed by atoms with Crippen molar-refractivity contribution < 1.29 is 126 Å². The van der Waals surface area contributed by atoms with Gasteiger partial charge in [0, 0.05) is 143 Å². The van der Waals surface area contributed by atoms with Gasteiger partial charge in [-0.2, -0.15) is 0 Å². The van der Waals surface area contributed by atoms with Gasteiger partial charge in [0.05, 0.1) is 13.1 Å². The third-order valence-electron chi connectivity index (χ3n) is 22.5. The SMILES string of the molecule is CC(=O)OOC(C)=O.CC(=O)OOC(C)=O.C[C@@H]1[C@H]2C[C@@H](C[C@H]1NCc1nccn1C)C2(C)C.C[C@H]1[C@H](N)C[C@@H]2C[C@H]1C2(C)C.Cn1ccnc1C=O.Cn1ccnc1C=O.Cn1ccnc1CNC1CCC2(CCCCC2)CC1.NC1CCC2(CCCCC2)CC1.[B-]OC(C)=O.[B-]OC(C)=O.[Na+].[Na+]. The topological polar surface area (TPSA) is 339 Å². The number of nitrogens with zero attached hydrogens (tertiary/aromatic N) is 8. The Balaban J connectivity index is 0.000000594. The van der Waals surface area contributed by atoms with E-state index in [9.17, 15) is 38.4 Å². The predicted molar refractivity (Wildman–Crippen MR) is 389 cm³/mol. The standard InChI is InChI=1S/C16H27N3.C15H25N3.C11H21N.C10H19N.2C5H6N2O.2C4H6O4.2C2H3BO2.2Na/c1-19-12-11-17-15(19)13-18-14-5-9-16(10-6-14)7-3-2-4-8-16;1-10-12-7-11(15(12,2)3)8-13(10)17-9-14-16-5-6-18(14)4;12-10-4-8-11(9-5-10)6-2-1-3-7-11;1-6-8-4-7(5-9(6)11)10(8,2)3;2*1-7-3-2-6-5(7)4-8;2*1-3(5)7-8-4(2)6;2*1-2(4)5-3;;/h11-12,14,18H,2-10,13H2,1H3;5-6,10-13,17H,7-9H2,1-4H3;10H,1-9,12H2;6-9H,4-5,11H2,1-3H3;2*2-4H,1H3;2*1-2H3;2*1H3;;/q;;;;;;;;2*-1;2*+1/t;10-,11+,12-,13-;;6-,7+,8-,9-;;;;;;;;/m.1.1......../s1. The number of nitrogens with two attached hydrogens (primary N) is 2. The van der Waals surface area contributed by atoms with Crippen LogP contribution in [0.4, 0.5) is 0 Å². The number of fused-ring (bicyclic) bond motifs is 4. The molecule has 14 rings (SSSR count). The summed E-state index contributed by atoms with van der Waals surface area (Å²) in [6, 6.07) is 2.41. The molecule has 6 N–H and O–H groups in total. The molecular weight excluding hydrogens is 1350 g/mol. The molecule has 10 aliphatic carbocycles. The molecular formula is C74H122B2N12Na2O14. The number of aryl methyl sites for hydroxylation is 4. The fraction of sp³-hybridized carbons (Fsp3) is 0.730. The summed E-state index contributed by atoms with van der Waals surface area (Å²) in [5, 5.41) is 7.43. The van der Waals surface area contributed by atoms with E-state index in [4.69, 9.17) is 11.5 Å². The normalized spacial score (nSPS) is 23.3. The number of hydrogen-bond donors (Lipinski definition) is 4. The minimum absolute atomic E-state index is 0. The Bertz CT molecular complexity index is 3030. The molecule has 4 heterocycles. The van der Waals surface area contributed by atoms with Gasteiger partial charge >= 0.3 is 83.0 Å². The molecule has 104 heavy (non-hydrogen) atoms. The van der Waals surface area contributed by atoms with Gasteiger partial charge in [-0.1, -0.05) is 80.1 Å². The third-order valence-corrected chi connectivity index (χ3v) is 22.5. The van der Waals surface area contributed by atoms with Crippen LogP contribution >= 0.6 is 0 Å². The van der Waals surface area contributed by atoms with Crippen LogP contribution in [0.1, 0.15) is 257 Å². The summed E-state index contributed by atoms with van der Waals surface area (Å²) in [6.45, 7) is 23.3. The van der Waals surface area contributed by atoms with Crippen LogP contribution in [0.5, 0.6) is 0 Å². The molecule has 4 aromatic rings. The molecule has 0 aliphatic heterocycles. The first-order valence-corrected chi connectivity index (χ1v) is 36.3. The van der Waals surface area contributed by atoms with E-state index in [0.29, 0.717) is 46.6 Å². The van der Waals surface area contributed by atoms with Gasteiger partial charge in [0.2, 0.25) is 11.9 Å². The zero-order valence-corrected chi connectivity index (χ0v) is 70.1. The van der Waals surface area contributed by atoms with Gasteiger partial charge in [0.25, 0.3) is 0 Å². The predicted octanol–water partition coefficient (Wildman–Crippen LogP) is 4.63. The third kappa shape index (κ3) is 33.6. The van der Waals surface area contributed by atoms with Crippen molar-refractivity contribution in [3.8, 4) is 0 Å². The van der Waals surface area contributed by atoms with E-state index in [1.807, 2.05) is 24.8 Å². The first-order valence-electron chi connectivity index (χ1n) is 36.3. The van der Waals surface area contributed by atoms with Gasteiger partial charge in [-0.25, -0.2) is 58.7 Å². The monoisotopic (exact) mass is 1470 g/mol. The molecule has 10 fully saturated rings. The minimum Gasteiger partial charge on any atom is -0.793 e. The van der Waals surface area contributed by atoms with Gasteiger partial charge in [-0.05, 0) is 160 Å². The molecule has 0 unspecified atom stereocenters. The Kier molecular flexibility index (Phi) is 45.8. The van der Waals surface area contributed by atoms with E-state index >= 15 is 0 Å². The average molecular weight is 1470 g/mol. The zero-order valence-electron chi connectivity index (χ0n) is 66.1. The molecule has 0 saturated heterocycles. The van der Waals surface area contributed by atoms with Crippen molar-refractivity contribution in [3.05, 3.63) is 72.9 Å². The Labute approximate surface area is 666 Å². The van der Waals surface area contributed by atoms with E-state index < -0.39 is 35.8 Å². The number of imidazole rings is 4. The maximum Gasteiger partial charge on any atom is 1.00 e. The van der Waals surface area contributed by atoms with Crippen molar-refractivity contribution in [2.24, 2.45) is 96.8 Å². The van der Waals surface area contributed by atoms with Crippen LogP contribution in [0.15, 0.2) is 49.6 Å². The van der Waals surface area contributed by atoms with Crippen molar-refractivity contribution >= 4 is 64.5 Å². The molecule has 0 amide bonds. The maximum absolute atomic E-state index is 10.0. The fourth-order valence-electron chi connectivity index (χ4n) is 15.7. The van der Waals surface area contributed by atoms with Crippen LogP contribution in [-0.2, 0) is 98.9 Å². The molecule has 570 valence electrons. The summed E-state index contributed by atoms with van der Waals surface area (Å²) in [7, 11) is 16.3. The van der Waals surface area contributed by atoms with Crippen LogP contribution in [0.2, 0.25) is 0 Å². The maximum atomic E-state index is 10.0. The van der Waals surface area contributed by atoms with Crippen molar-refractivity contribution in [3.63, 3.8) is 0 Å². The Hall–Kier alpha value is -5.03. The summed E-state index contributed by atoms with van der Waals surface area (Å²) < 4.78 is 14.8. The number of rotatable bonds is 8. The number of aromatic nitrogens is 8. The second kappa shape index (κ2) is 49.1. The van der Waals surface area contributed by atoms with Gasteiger partial charge in [0.15, 0.2) is 24.2 Å². The van der Waals surface area contributed by atoms with Crippen molar-refractivity contribution in [1.82, 2.24) is 48.8 Å². The van der Waals surface area contributed by atoms with E-state index in [1.54, 1.807) is 48.0 Å². The fourth-order valence-corrected chi connectivity index (χ4v) is 15.7.